The number of thiocarbonyl (C=S) groups is 1. The van der Waals surface area contributed by atoms with E-state index in [2.05, 4.69) is 4.98 Å². The lowest BCUT2D eigenvalue weighted by molar-refractivity contribution is 0.410. The van der Waals surface area contributed by atoms with Crippen molar-refractivity contribution in [2.24, 2.45) is 5.73 Å². The van der Waals surface area contributed by atoms with Gasteiger partial charge in [-0.2, -0.15) is 0 Å². The fraction of sp³-hybridized carbons (Fsp3) is 0.125. The van der Waals surface area contributed by atoms with Gasteiger partial charge in [0.05, 0.1) is 12.8 Å². The predicted octanol–water partition coefficient (Wildman–Crippen LogP) is 2.57. The van der Waals surface area contributed by atoms with Crippen molar-refractivity contribution in [3.8, 4) is 5.75 Å². The topological polar surface area (TPSA) is 52.5 Å². The molecule has 0 aliphatic heterocycles. The Morgan fingerprint density at radius 3 is 2.76 bits per heavy atom. The zero-order valence-electron chi connectivity index (χ0n) is 11.6. The Morgan fingerprint density at radius 1 is 1.24 bits per heavy atom. The molecule has 2 N–H and O–H groups in total. The molecule has 21 heavy (non-hydrogen) atoms. The molecule has 0 aliphatic rings. The number of nitrogens with zero attached hydrogens (tertiary/aromatic N) is 2. The highest BCUT2D eigenvalue weighted by atomic mass is 32.1. The van der Waals surface area contributed by atoms with Crippen LogP contribution in [0.15, 0.2) is 48.7 Å². The number of rotatable bonds is 4. The third kappa shape index (κ3) is 2.48. The van der Waals surface area contributed by atoms with Crippen molar-refractivity contribution in [1.29, 1.82) is 0 Å². The number of para-hydroxylation sites is 1. The van der Waals surface area contributed by atoms with Crippen LogP contribution in [0, 0.1) is 0 Å². The molecule has 0 bridgehead atoms. The predicted molar refractivity (Wildman–Crippen MR) is 86.9 cm³/mol. The number of imidazole rings is 1. The summed E-state index contributed by atoms with van der Waals surface area (Å²) in [5, 5.41) is 0. The molecular weight excluding hydrogens is 282 g/mol. The fourth-order valence-electron chi connectivity index (χ4n) is 2.46. The molecule has 2 heterocycles. The van der Waals surface area contributed by atoms with Gasteiger partial charge in [0.2, 0.25) is 0 Å². The number of fused-ring (bicyclic) bond motifs is 1. The Bertz CT molecular complexity index is 810. The van der Waals surface area contributed by atoms with Crippen LogP contribution in [0.3, 0.4) is 0 Å². The summed E-state index contributed by atoms with van der Waals surface area (Å²) in [6.45, 7) is 0. The van der Waals surface area contributed by atoms with Gasteiger partial charge in [0.15, 0.2) is 0 Å². The van der Waals surface area contributed by atoms with Crippen molar-refractivity contribution in [1.82, 2.24) is 9.38 Å². The minimum absolute atomic E-state index is 0.346. The largest absolute Gasteiger partial charge is 0.496 e. The zero-order valence-corrected chi connectivity index (χ0v) is 12.4. The van der Waals surface area contributed by atoms with Gasteiger partial charge in [0, 0.05) is 18.2 Å². The van der Waals surface area contributed by atoms with Crippen molar-refractivity contribution < 1.29 is 4.74 Å². The van der Waals surface area contributed by atoms with Crippen LogP contribution in [0.4, 0.5) is 0 Å². The Balaban J connectivity index is 2.12. The number of nitrogens with two attached hydrogens (primary N) is 1. The highest BCUT2D eigenvalue weighted by Crippen LogP contribution is 2.23. The average Bonchev–Trinajstić information content (AvgIpc) is 2.85. The van der Waals surface area contributed by atoms with Crippen LogP contribution in [0.1, 0.15) is 17.0 Å². The van der Waals surface area contributed by atoms with Crippen LogP contribution in [-0.2, 0) is 6.42 Å². The number of ether oxygens (including phenoxy) is 1. The molecule has 0 spiro atoms. The van der Waals surface area contributed by atoms with Crippen LogP contribution < -0.4 is 10.5 Å². The number of aromatic nitrogens is 2. The van der Waals surface area contributed by atoms with E-state index in [1.54, 1.807) is 7.11 Å². The molecule has 0 atom stereocenters. The highest BCUT2D eigenvalue weighted by Gasteiger charge is 2.15. The summed E-state index contributed by atoms with van der Waals surface area (Å²) < 4.78 is 7.32. The molecule has 0 saturated heterocycles. The lowest BCUT2D eigenvalue weighted by Gasteiger charge is -2.08. The summed E-state index contributed by atoms with van der Waals surface area (Å²) in [5.41, 5.74) is 9.43. The van der Waals surface area contributed by atoms with Gasteiger partial charge in [-0.3, -0.25) is 4.40 Å². The summed E-state index contributed by atoms with van der Waals surface area (Å²) in [7, 11) is 1.66. The first-order valence-electron chi connectivity index (χ1n) is 6.58. The van der Waals surface area contributed by atoms with Crippen molar-refractivity contribution in [3.63, 3.8) is 0 Å². The first-order valence-corrected chi connectivity index (χ1v) is 6.99. The highest BCUT2D eigenvalue weighted by molar-refractivity contribution is 7.80. The SMILES string of the molecule is COc1ccccc1Cc1nc2ccccn2c1C(N)=S. The molecule has 0 saturated carbocycles. The third-order valence-electron chi connectivity index (χ3n) is 3.39. The number of pyridine rings is 1. The maximum Gasteiger partial charge on any atom is 0.137 e. The molecule has 0 aliphatic carbocycles. The summed E-state index contributed by atoms with van der Waals surface area (Å²) in [5.74, 6) is 0.837. The Labute approximate surface area is 128 Å². The Hall–Kier alpha value is -2.40. The van der Waals surface area contributed by atoms with Gasteiger partial charge in [-0.25, -0.2) is 4.98 Å². The van der Waals surface area contributed by atoms with E-state index in [1.165, 1.54) is 0 Å². The molecule has 1 aromatic carbocycles. The molecular formula is C16H15N3OS. The third-order valence-corrected chi connectivity index (χ3v) is 3.58. The van der Waals surface area contributed by atoms with Gasteiger partial charge in [-0.1, -0.05) is 36.5 Å². The number of methoxy groups -OCH3 is 1. The van der Waals surface area contributed by atoms with Gasteiger partial charge in [0.25, 0.3) is 0 Å². The molecule has 2 aromatic heterocycles. The van der Waals surface area contributed by atoms with Crippen molar-refractivity contribution in [3.05, 3.63) is 65.6 Å². The molecule has 0 amide bonds. The molecule has 0 unspecified atom stereocenters. The monoisotopic (exact) mass is 297 g/mol. The van der Waals surface area contributed by atoms with E-state index in [-0.39, 0.29) is 0 Å². The van der Waals surface area contributed by atoms with Gasteiger partial charge in [0.1, 0.15) is 22.1 Å². The number of benzene rings is 1. The molecule has 0 fully saturated rings. The second kappa shape index (κ2) is 5.54. The standard InChI is InChI=1S/C16H15N3OS/c1-20-13-7-3-2-6-11(13)10-12-15(16(17)21)19-9-5-4-8-14(19)18-12/h2-9H,10H2,1H3,(H2,17,21). The number of hydrogen-bond acceptors (Lipinski definition) is 3. The van der Waals surface area contributed by atoms with Crippen molar-refractivity contribution in [2.45, 2.75) is 6.42 Å². The van der Waals surface area contributed by atoms with Gasteiger partial charge in [-0.15, -0.1) is 0 Å². The Kier molecular flexibility index (Phi) is 3.58. The average molecular weight is 297 g/mol. The van der Waals surface area contributed by atoms with E-state index in [4.69, 9.17) is 22.7 Å². The van der Waals surface area contributed by atoms with E-state index in [9.17, 15) is 0 Å². The number of hydrogen-bond donors (Lipinski definition) is 1. The van der Waals surface area contributed by atoms with E-state index in [1.807, 2.05) is 53.1 Å². The van der Waals surface area contributed by atoms with Crippen molar-refractivity contribution >= 4 is 22.9 Å². The molecule has 5 heteroatoms. The van der Waals surface area contributed by atoms with E-state index < -0.39 is 0 Å². The second-order valence-electron chi connectivity index (χ2n) is 4.69. The smallest absolute Gasteiger partial charge is 0.137 e. The van der Waals surface area contributed by atoms with Gasteiger partial charge < -0.3 is 10.5 Å². The molecule has 4 nitrogen and oxygen atoms in total. The Morgan fingerprint density at radius 2 is 2.00 bits per heavy atom. The quantitative estimate of drug-likeness (QED) is 0.752. The van der Waals surface area contributed by atoms with Crippen LogP contribution in [0.2, 0.25) is 0 Å². The minimum Gasteiger partial charge on any atom is -0.496 e. The lowest BCUT2D eigenvalue weighted by atomic mass is 10.1. The summed E-state index contributed by atoms with van der Waals surface area (Å²) >= 11 is 5.19. The first kappa shape index (κ1) is 13.6. The van der Waals surface area contributed by atoms with Crippen molar-refractivity contribution in [2.75, 3.05) is 7.11 Å². The van der Waals surface area contributed by atoms with E-state index in [0.717, 1.165) is 28.3 Å². The van der Waals surface area contributed by atoms with Crippen LogP contribution in [0.5, 0.6) is 5.75 Å². The van der Waals surface area contributed by atoms with Gasteiger partial charge >= 0.3 is 0 Å². The van der Waals surface area contributed by atoms with E-state index >= 15 is 0 Å². The van der Waals surface area contributed by atoms with Gasteiger partial charge in [-0.05, 0) is 18.2 Å². The summed E-state index contributed by atoms with van der Waals surface area (Å²) in [6, 6.07) is 13.7. The molecule has 3 rings (SSSR count). The fourth-order valence-corrected chi connectivity index (χ4v) is 2.67. The normalized spacial score (nSPS) is 10.7. The minimum atomic E-state index is 0.346. The molecule has 0 radical (unpaired) electrons. The second-order valence-corrected chi connectivity index (χ2v) is 5.13. The van der Waals surface area contributed by atoms with Crippen LogP contribution in [0.25, 0.3) is 5.65 Å². The van der Waals surface area contributed by atoms with Crippen LogP contribution >= 0.6 is 12.2 Å². The summed E-state index contributed by atoms with van der Waals surface area (Å²) in [4.78, 5) is 4.99. The maximum atomic E-state index is 5.89. The lowest BCUT2D eigenvalue weighted by Crippen LogP contribution is -2.15. The maximum absolute atomic E-state index is 5.89. The van der Waals surface area contributed by atoms with E-state index in [0.29, 0.717) is 11.4 Å². The first-order chi connectivity index (χ1) is 10.2. The zero-order chi connectivity index (χ0) is 14.8. The molecule has 106 valence electrons. The van der Waals surface area contributed by atoms with Crippen LogP contribution in [-0.4, -0.2) is 21.5 Å². The molecule has 3 aromatic rings. The summed E-state index contributed by atoms with van der Waals surface area (Å²) in [6.07, 6.45) is 2.54.